The summed E-state index contributed by atoms with van der Waals surface area (Å²) in [5, 5.41) is 15.3. The molecule has 2 N–H and O–H groups in total. The maximum atomic E-state index is 11.9. The van der Waals surface area contributed by atoms with Crippen LogP contribution in [0.2, 0.25) is 0 Å². The molecule has 1 heterocycles. The smallest absolute Gasteiger partial charge is 0.328 e. The maximum Gasteiger partial charge on any atom is 0.328 e. The van der Waals surface area contributed by atoms with Crippen molar-refractivity contribution in [2.75, 3.05) is 0 Å². The first kappa shape index (κ1) is 15.9. The van der Waals surface area contributed by atoms with Crippen molar-refractivity contribution in [1.29, 1.82) is 0 Å². The van der Waals surface area contributed by atoms with Crippen molar-refractivity contribution in [3.8, 4) is 0 Å². The lowest BCUT2D eigenvalue weighted by atomic mass is 10.1. The number of hydrogen-bond donors (Lipinski definition) is 2. The monoisotopic (exact) mass is 281 g/mol. The molecule has 7 heteroatoms. The maximum absolute atomic E-state index is 11.9. The van der Waals surface area contributed by atoms with E-state index >= 15 is 0 Å². The van der Waals surface area contributed by atoms with E-state index < -0.39 is 17.4 Å². The zero-order valence-electron chi connectivity index (χ0n) is 11.8. The topological polar surface area (TPSA) is 101 Å². The van der Waals surface area contributed by atoms with E-state index in [9.17, 15) is 14.4 Å². The van der Waals surface area contributed by atoms with Crippen molar-refractivity contribution in [2.24, 2.45) is 0 Å². The number of carboxylic acid groups (broad SMARTS) is 1. The highest BCUT2D eigenvalue weighted by Crippen LogP contribution is 2.04. The lowest BCUT2D eigenvalue weighted by Crippen LogP contribution is -2.50. The molecule has 0 unspecified atom stereocenters. The number of hydrogen-bond acceptors (Lipinski definition) is 4. The molecular weight excluding hydrogens is 262 g/mol. The van der Waals surface area contributed by atoms with Gasteiger partial charge in [0, 0.05) is 12.6 Å². The van der Waals surface area contributed by atoms with Crippen molar-refractivity contribution in [1.82, 2.24) is 15.1 Å². The summed E-state index contributed by atoms with van der Waals surface area (Å²) in [5.41, 5.74) is -1.66. The number of unbranched alkanes of at least 4 members (excludes halogenated alkanes) is 1. The molecule has 110 valence electrons. The van der Waals surface area contributed by atoms with Crippen molar-refractivity contribution in [3.63, 3.8) is 0 Å². The minimum atomic E-state index is -1.40. The minimum Gasteiger partial charge on any atom is -0.480 e. The van der Waals surface area contributed by atoms with Crippen LogP contribution in [0.3, 0.4) is 0 Å². The Morgan fingerprint density at radius 1 is 1.40 bits per heavy atom. The van der Waals surface area contributed by atoms with Gasteiger partial charge in [0.1, 0.15) is 11.2 Å². The van der Waals surface area contributed by atoms with Gasteiger partial charge in [-0.3, -0.25) is 9.59 Å². The molecule has 0 aliphatic rings. The molecule has 0 bridgehead atoms. The highest BCUT2D eigenvalue weighted by Gasteiger charge is 2.29. The molecular formula is C13H19N3O4. The first-order valence-electron chi connectivity index (χ1n) is 6.42. The van der Waals surface area contributed by atoms with Crippen LogP contribution in [0.15, 0.2) is 16.9 Å². The number of rotatable bonds is 6. The molecule has 1 rings (SSSR count). The summed E-state index contributed by atoms with van der Waals surface area (Å²) in [5.74, 6) is -1.77. The third-order valence-corrected chi connectivity index (χ3v) is 2.78. The van der Waals surface area contributed by atoms with Gasteiger partial charge in [0.25, 0.3) is 11.5 Å². The van der Waals surface area contributed by atoms with Gasteiger partial charge in [-0.15, -0.1) is 0 Å². The largest absolute Gasteiger partial charge is 0.480 e. The van der Waals surface area contributed by atoms with E-state index in [0.717, 1.165) is 12.8 Å². The van der Waals surface area contributed by atoms with Crippen LogP contribution in [-0.4, -0.2) is 32.3 Å². The summed E-state index contributed by atoms with van der Waals surface area (Å²) in [7, 11) is 0. The van der Waals surface area contributed by atoms with Crippen LogP contribution in [0.1, 0.15) is 44.1 Å². The van der Waals surface area contributed by atoms with Crippen LogP contribution in [-0.2, 0) is 11.3 Å². The Bertz CT molecular complexity index is 563. The van der Waals surface area contributed by atoms with Gasteiger partial charge >= 0.3 is 5.97 Å². The Morgan fingerprint density at radius 2 is 2.05 bits per heavy atom. The molecule has 0 saturated heterocycles. The first-order valence-corrected chi connectivity index (χ1v) is 6.42. The molecule has 1 aromatic rings. The molecule has 20 heavy (non-hydrogen) atoms. The lowest BCUT2D eigenvalue weighted by Gasteiger charge is -2.20. The number of amides is 1. The number of nitrogens with one attached hydrogen (secondary N) is 1. The quantitative estimate of drug-likeness (QED) is 0.796. The Morgan fingerprint density at radius 3 is 2.60 bits per heavy atom. The third kappa shape index (κ3) is 3.91. The average molecular weight is 281 g/mol. The molecule has 0 aliphatic carbocycles. The summed E-state index contributed by atoms with van der Waals surface area (Å²) in [4.78, 5) is 34.5. The van der Waals surface area contributed by atoms with E-state index in [1.165, 1.54) is 30.7 Å². The van der Waals surface area contributed by atoms with E-state index in [4.69, 9.17) is 5.11 Å². The first-order chi connectivity index (χ1) is 9.27. The Hall–Kier alpha value is -2.18. The summed E-state index contributed by atoms with van der Waals surface area (Å²) in [6, 6.07) is 2.55. The summed E-state index contributed by atoms with van der Waals surface area (Å²) >= 11 is 0. The van der Waals surface area contributed by atoms with Crippen molar-refractivity contribution in [2.45, 2.75) is 45.7 Å². The van der Waals surface area contributed by atoms with Crippen molar-refractivity contribution in [3.05, 3.63) is 28.2 Å². The fourth-order valence-corrected chi connectivity index (χ4v) is 1.44. The molecule has 0 aliphatic heterocycles. The van der Waals surface area contributed by atoms with Crippen molar-refractivity contribution < 1.29 is 14.7 Å². The highest BCUT2D eigenvalue weighted by atomic mass is 16.4. The third-order valence-electron chi connectivity index (χ3n) is 2.78. The molecule has 1 amide bonds. The fourth-order valence-electron chi connectivity index (χ4n) is 1.44. The lowest BCUT2D eigenvalue weighted by molar-refractivity contribution is -0.143. The van der Waals surface area contributed by atoms with Gasteiger partial charge in [-0.05, 0) is 26.3 Å². The molecule has 0 radical (unpaired) electrons. The molecule has 7 nitrogen and oxygen atoms in total. The molecule has 1 aromatic heterocycles. The molecule has 0 aromatic carbocycles. The minimum absolute atomic E-state index is 0.0232. The molecule has 0 fully saturated rings. The SMILES string of the molecule is CCCCn1nc(C(=O)NC(C)(C)C(=O)O)ccc1=O. The van der Waals surface area contributed by atoms with Gasteiger partial charge in [-0.25, -0.2) is 9.48 Å². The number of carbonyl (C=O) groups is 2. The predicted molar refractivity (Wildman–Crippen MR) is 72.6 cm³/mol. The van der Waals surface area contributed by atoms with Crippen LogP contribution in [0.25, 0.3) is 0 Å². The van der Waals surface area contributed by atoms with E-state index in [2.05, 4.69) is 10.4 Å². The number of carbonyl (C=O) groups excluding carboxylic acids is 1. The zero-order valence-corrected chi connectivity index (χ0v) is 11.8. The second-order valence-electron chi connectivity index (χ2n) is 5.02. The molecule has 0 saturated carbocycles. The standard InChI is InChI=1S/C13H19N3O4/c1-4-5-8-16-10(17)7-6-9(15-16)11(18)14-13(2,3)12(19)20/h6-7H,4-5,8H2,1-3H3,(H,14,18)(H,19,20). The van der Waals surface area contributed by atoms with Crippen LogP contribution in [0, 0.1) is 0 Å². The van der Waals surface area contributed by atoms with Gasteiger partial charge < -0.3 is 10.4 Å². The summed E-state index contributed by atoms with van der Waals surface area (Å²) in [6.07, 6.45) is 1.68. The second-order valence-corrected chi connectivity index (χ2v) is 5.02. The molecule has 0 atom stereocenters. The van der Waals surface area contributed by atoms with Crippen LogP contribution >= 0.6 is 0 Å². The van der Waals surface area contributed by atoms with Gasteiger partial charge in [0.15, 0.2) is 0 Å². The zero-order chi connectivity index (χ0) is 15.3. The predicted octanol–water partition coefficient (Wildman–Crippen LogP) is 0.636. The van der Waals surface area contributed by atoms with Gasteiger partial charge in [-0.2, -0.15) is 5.10 Å². The number of nitrogens with zero attached hydrogens (tertiary/aromatic N) is 2. The second kappa shape index (κ2) is 6.31. The van der Waals surface area contributed by atoms with Gasteiger partial charge in [0.05, 0.1) is 0 Å². The summed E-state index contributed by atoms with van der Waals surface area (Å²) < 4.78 is 1.21. The normalized spacial score (nSPS) is 11.2. The Balaban J connectivity index is 2.94. The number of aliphatic carboxylic acids is 1. The van der Waals surface area contributed by atoms with Crippen molar-refractivity contribution >= 4 is 11.9 Å². The highest BCUT2D eigenvalue weighted by molar-refractivity contribution is 5.95. The fraction of sp³-hybridized carbons (Fsp3) is 0.538. The number of aryl methyl sites for hydroxylation is 1. The number of aromatic nitrogens is 2. The van der Waals surface area contributed by atoms with E-state index in [0.29, 0.717) is 6.54 Å². The van der Waals surface area contributed by atoms with E-state index in [1.807, 2.05) is 6.92 Å². The van der Waals surface area contributed by atoms with Gasteiger partial charge in [0.2, 0.25) is 0 Å². The van der Waals surface area contributed by atoms with E-state index in [1.54, 1.807) is 0 Å². The van der Waals surface area contributed by atoms with Crippen LogP contribution < -0.4 is 10.9 Å². The molecule has 0 spiro atoms. The average Bonchev–Trinajstić information content (AvgIpc) is 2.37. The Kier molecular flexibility index (Phi) is 5.01. The van der Waals surface area contributed by atoms with E-state index in [-0.39, 0.29) is 11.3 Å². The van der Waals surface area contributed by atoms with Crippen LogP contribution in [0.4, 0.5) is 0 Å². The van der Waals surface area contributed by atoms with Crippen LogP contribution in [0.5, 0.6) is 0 Å². The van der Waals surface area contributed by atoms with Gasteiger partial charge in [-0.1, -0.05) is 13.3 Å². The summed E-state index contributed by atoms with van der Waals surface area (Å²) in [6.45, 7) is 5.16. The Labute approximate surface area is 116 Å². The number of carboxylic acids is 1.